The maximum Gasteiger partial charge on any atom is 0.246 e. The number of amides is 1. The molecule has 3 nitrogen and oxygen atoms in total. The zero-order valence-electron chi connectivity index (χ0n) is 15.2. The number of carbonyl (C=O) groups is 1. The van der Waals surface area contributed by atoms with Gasteiger partial charge < -0.3 is 22.2 Å². The van der Waals surface area contributed by atoms with Gasteiger partial charge in [-0.15, -0.1) is 0 Å². The predicted octanol–water partition coefficient (Wildman–Crippen LogP) is 0.900. The zero-order chi connectivity index (χ0) is 16.1. The largest absolute Gasteiger partial charge is 1.00 e. The van der Waals surface area contributed by atoms with Crippen molar-refractivity contribution in [1.82, 2.24) is 5.32 Å². The van der Waals surface area contributed by atoms with Crippen LogP contribution in [0.25, 0.3) is 0 Å². The fraction of sp³-hybridized carbons (Fsp3) is 0.833. The summed E-state index contributed by atoms with van der Waals surface area (Å²) in [6.45, 7) is 17.8. The van der Waals surface area contributed by atoms with Crippen molar-refractivity contribution in [2.24, 2.45) is 0 Å². The van der Waals surface area contributed by atoms with Crippen LogP contribution in [-0.2, 0) is 4.79 Å². The molecule has 22 heavy (non-hydrogen) atoms. The molecule has 0 aromatic carbocycles. The van der Waals surface area contributed by atoms with Gasteiger partial charge >= 0.3 is 0 Å². The van der Waals surface area contributed by atoms with Crippen molar-refractivity contribution in [2.45, 2.75) is 66.2 Å². The predicted molar refractivity (Wildman–Crippen MR) is 92.3 cm³/mol. The highest BCUT2D eigenvalue weighted by Crippen LogP contribution is 2.14. The van der Waals surface area contributed by atoms with Crippen molar-refractivity contribution >= 4 is 5.91 Å². The van der Waals surface area contributed by atoms with Gasteiger partial charge in [0.2, 0.25) is 5.91 Å². The lowest BCUT2D eigenvalue weighted by Crippen LogP contribution is -3.00. The molecule has 0 spiro atoms. The molecule has 0 saturated carbocycles. The van der Waals surface area contributed by atoms with Crippen LogP contribution in [0.1, 0.15) is 66.2 Å². The van der Waals surface area contributed by atoms with Crippen LogP contribution in [0.3, 0.4) is 0 Å². The Morgan fingerprint density at radius 3 is 1.64 bits per heavy atom. The summed E-state index contributed by atoms with van der Waals surface area (Å²) in [6.07, 6.45) is 7.58. The van der Waals surface area contributed by atoms with E-state index in [0.29, 0.717) is 5.57 Å². The van der Waals surface area contributed by atoms with Crippen LogP contribution in [0.15, 0.2) is 12.2 Å². The van der Waals surface area contributed by atoms with Crippen LogP contribution in [0.5, 0.6) is 0 Å². The van der Waals surface area contributed by atoms with Crippen LogP contribution in [0.2, 0.25) is 0 Å². The summed E-state index contributed by atoms with van der Waals surface area (Å²) in [5.41, 5.74) is 0.601. The molecule has 0 radical (unpaired) electrons. The second-order valence-electron chi connectivity index (χ2n) is 6.33. The zero-order valence-corrected chi connectivity index (χ0v) is 16.0. The topological polar surface area (TPSA) is 29.1 Å². The first kappa shape index (κ1) is 23.7. The minimum absolute atomic E-state index is 0. The van der Waals surface area contributed by atoms with Gasteiger partial charge in [0.1, 0.15) is 0 Å². The summed E-state index contributed by atoms with van der Waals surface area (Å²) in [7, 11) is 0. The van der Waals surface area contributed by atoms with E-state index in [-0.39, 0.29) is 18.3 Å². The molecule has 132 valence electrons. The minimum atomic E-state index is -0.00502. The van der Waals surface area contributed by atoms with Crippen molar-refractivity contribution < 1.29 is 21.7 Å². The van der Waals surface area contributed by atoms with Gasteiger partial charge in [0.25, 0.3) is 0 Å². The minimum Gasteiger partial charge on any atom is -1.00 e. The van der Waals surface area contributed by atoms with E-state index in [1.54, 1.807) is 6.92 Å². The first-order chi connectivity index (χ1) is 10.0. The van der Waals surface area contributed by atoms with Gasteiger partial charge in [0.05, 0.1) is 32.7 Å². The fourth-order valence-electron chi connectivity index (χ4n) is 2.71. The van der Waals surface area contributed by atoms with E-state index in [0.717, 1.165) is 13.1 Å². The molecule has 0 aliphatic carbocycles. The summed E-state index contributed by atoms with van der Waals surface area (Å²) in [5.74, 6) is -0.00502. The maximum atomic E-state index is 11.7. The Balaban J connectivity index is 0. The molecule has 4 heteroatoms. The highest BCUT2D eigenvalue weighted by atomic mass is 35.5. The molecule has 1 amide bonds. The van der Waals surface area contributed by atoms with Crippen molar-refractivity contribution in [1.29, 1.82) is 0 Å². The van der Waals surface area contributed by atoms with E-state index in [2.05, 4.69) is 32.7 Å². The number of hydrogen-bond acceptors (Lipinski definition) is 1. The van der Waals surface area contributed by atoms with Crippen LogP contribution in [0.4, 0.5) is 0 Å². The Bertz CT molecular complexity index is 284. The Morgan fingerprint density at radius 1 is 0.909 bits per heavy atom. The smallest absolute Gasteiger partial charge is 0.246 e. The number of rotatable bonds is 13. The molecule has 0 saturated heterocycles. The second kappa shape index (κ2) is 14.1. The fourth-order valence-corrected chi connectivity index (χ4v) is 2.71. The molecule has 0 aromatic rings. The van der Waals surface area contributed by atoms with E-state index < -0.39 is 0 Å². The van der Waals surface area contributed by atoms with Crippen molar-refractivity contribution in [3.8, 4) is 0 Å². The lowest BCUT2D eigenvalue weighted by molar-refractivity contribution is -0.927. The van der Waals surface area contributed by atoms with E-state index in [9.17, 15) is 4.79 Å². The number of hydrogen-bond donors (Lipinski definition) is 1. The molecule has 0 bridgehead atoms. The van der Waals surface area contributed by atoms with Gasteiger partial charge in [-0.1, -0.05) is 46.6 Å². The first-order valence-electron chi connectivity index (χ1n) is 8.80. The van der Waals surface area contributed by atoms with E-state index in [1.807, 2.05) is 0 Å². The quantitative estimate of drug-likeness (QED) is 0.394. The highest BCUT2D eigenvalue weighted by molar-refractivity contribution is 5.91. The van der Waals surface area contributed by atoms with E-state index >= 15 is 0 Å². The molecule has 0 unspecified atom stereocenters. The summed E-state index contributed by atoms with van der Waals surface area (Å²) >= 11 is 0. The van der Waals surface area contributed by atoms with Crippen LogP contribution >= 0.6 is 0 Å². The third kappa shape index (κ3) is 10.2. The molecule has 0 aliphatic rings. The van der Waals surface area contributed by atoms with Gasteiger partial charge in [-0.2, -0.15) is 0 Å². The van der Waals surface area contributed by atoms with Crippen molar-refractivity contribution in [3.05, 3.63) is 12.2 Å². The molecule has 0 aliphatic heterocycles. The summed E-state index contributed by atoms with van der Waals surface area (Å²) in [6, 6.07) is 0. The molecular weight excluding hydrogens is 296 g/mol. The normalized spacial score (nSPS) is 10.9. The van der Waals surface area contributed by atoms with E-state index in [1.165, 1.54) is 62.6 Å². The molecule has 0 fully saturated rings. The van der Waals surface area contributed by atoms with Crippen LogP contribution in [0, 0.1) is 0 Å². The summed E-state index contributed by atoms with van der Waals surface area (Å²) < 4.78 is 1.17. The van der Waals surface area contributed by atoms with Gasteiger partial charge in [0, 0.05) is 5.57 Å². The number of nitrogens with one attached hydrogen (secondary N) is 1. The van der Waals surface area contributed by atoms with Gasteiger partial charge in [-0.3, -0.25) is 4.79 Å². The van der Waals surface area contributed by atoms with Crippen molar-refractivity contribution in [3.63, 3.8) is 0 Å². The third-order valence-electron chi connectivity index (χ3n) is 4.22. The Kier molecular flexibility index (Phi) is 15.2. The Hall–Kier alpha value is -0.540. The Morgan fingerprint density at radius 2 is 1.32 bits per heavy atom. The number of nitrogens with zero attached hydrogens (tertiary/aromatic N) is 1. The maximum absolute atomic E-state index is 11.7. The molecule has 0 atom stereocenters. The standard InChI is InChI=1S/C18H36N2O.ClH/c1-6-9-13-20(14-10-7-2,15-11-8-3)16-12-19-18(21)17(4)5;/h4,6-16H2,1-3,5H3;1H. The number of quaternary nitrogens is 1. The van der Waals surface area contributed by atoms with Crippen molar-refractivity contribution in [2.75, 3.05) is 32.7 Å². The molecule has 0 heterocycles. The second-order valence-corrected chi connectivity index (χ2v) is 6.33. The third-order valence-corrected chi connectivity index (χ3v) is 4.22. The van der Waals surface area contributed by atoms with Crippen LogP contribution < -0.4 is 17.7 Å². The number of unbranched alkanes of at least 4 members (excludes halogenated alkanes) is 3. The number of carbonyl (C=O) groups excluding carboxylic acids is 1. The lowest BCUT2D eigenvalue weighted by atomic mass is 10.1. The summed E-state index contributed by atoms with van der Waals surface area (Å²) in [5, 5.41) is 3.01. The monoisotopic (exact) mass is 332 g/mol. The van der Waals surface area contributed by atoms with E-state index in [4.69, 9.17) is 0 Å². The van der Waals surface area contributed by atoms with Gasteiger partial charge in [-0.05, 0) is 26.2 Å². The van der Waals surface area contributed by atoms with Crippen LogP contribution in [-0.4, -0.2) is 43.1 Å². The Labute approximate surface area is 144 Å². The number of halogens is 1. The van der Waals surface area contributed by atoms with Gasteiger partial charge in [-0.25, -0.2) is 0 Å². The summed E-state index contributed by atoms with van der Waals surface area (Å²) in [4.78, 5) is 11.7. The average molecular weight is 333 g/mol. The molecule has 0 rings (SSSR count). The molecule has 1 N–H and O–H groups in total. The molecule has 0 aromatic heterocycles. The SMILES string of the molecule is C=C(C)C(=O)NCC[N+](CCCC)(CCCC)CCCC.[Cl-]. The highest BCUT2D eigenvalue weighted by Gasteiger charge is 2.25. The first-order valence-corrected chi connectivity index (χ1v) is 8.80. The molecular formula is C18H37ClN2O. The average Bonchev–Trinajstić information content (AvgIpc) is 2.48. The lowest BCUT2D eigenvalue weighted by Gasteiger charge is -2.39. The van der Waals surface area contributed by atoms with Gasteiger partial charge in [0.15, 0.2) is 0 Å².